The van der Waals surface area contributed by atoms with E-state index in [0.29, 0.717) is 0 Å². The lowest BCUT2D eigenvalue weighted by atomic mass is 10.2. The Labute approximate surface area is 141 Å². The van der Waals surface area contributed by atoms with Gasteiger partial charge in [0.15, 0.2) is 0 Å². The standard InChI is InChI=1S/C20H18O4/c1-16(21)23-15-19(13-12-17-8-4-2-5-9-17)20(22)24-14-18-10-6-3-7-11-18/h2-12H,14-15H2,1H3. The van der Waals surface area contributed by atoms with Crippen molar-refractivity contribution < 1.29 is 19.1 Å². The third-order valence-corrected chi connectivity index (χ3v) is 3.09. The van der Waals surface area contributed by atoms with E-state index < -0.39 is 11.9 Å². The summed E-state index contributed by atoms with van der Waals surface area (Å²) in [5.74, 6) is -1.03. The highest BCUT2D eigenvalue weighted by Gasteiger charge is 2.12. The zero-order valence-corrected chi connectivity index (χ0v) is 13.4. The molecule has 0 spiro atoms. The lowest BCUT2D eigenvalue weighted by molar-refractivity contribution is -0.143. The third-order valence-electron chi connectivity index (χ3n) is 3.09. The SMILES string of the molecule is CC(=O)OCC(=C=Cc1ccccc1)C(=O)OCc1ccccc1. The smallest absolute Gasteiger partial charge is 0.345 e. The number of carbonyl (C=O) groups excluding carboxylic acids is 2. The van der Waals surface area contributed by atoms with Gasteiger partial charge < -0.3 is 9.47 Å². The van der Waals surface area contributed by atoms with Crippen molar-refractivity contribution in [3.8, 4) is 0 Å². The number of ether oxygens (including phenoxy) is 2. The molecule has 0 aliphatic heterocycles. The van der Waals surface area contributed by atoms with Crippen LogP contribution < -0.4 is 0 Å². The van der Waals surface area contributed by atoms with Crippen LogP contribution in [0.5, 0.6) is 0 Å². The van der Waals surface area contributed by atoms with Gasteiger partial charge in [0, 0.05) is 6.92 Å². The van der Waals surface area contributed by atoms with Crippen LogP contribution in [0.2, 0.25) is 0 Å². The molecule has 2 aromatic carbocycles. The Hall–Kier alpha value is -3.10. The van der Waals surface area contributed by atoms with Crippen molar-refractivity contribution in [2.75, 3.05) is 6.61 Å². The first-order chi connectivity index (χ1) is 11.6. The van der Waals surface area contributed by atoms with Gasteiger partial charge in [-0.15, -0.1) is 5.73 Å². The fourth-order valence-corrected chi connectivity index (χ4v) is 1.86. The molecule has 4 nitrogen and oxygen atoms in total. The van der Waals surface area contributed by atoms with Crippen molar-refractivity contribution in [2.45, 2.75) is 13.5 Å². The zero-order valence-electron chi connectivity index (χ0n) is 13.4. The minimum Gasteiger partial charge on any atom is -0.460 e. The van der Waals surface area contributed by atoms with Crippen molar-refractivity contribution in [1.29, 1.82) is 0 Å². The fraction of sp³-hybridized carbons (Fsp3) is 0.150. The topological polar surface area (TPSA) is 52.6 Å². The second kappa shape index (κ2) is 9.13. The Morgan fingerprint density at radius 1 is 0.958 bits per heavy atom. The summed E-state index contributed by atoms with van der Waals surface area (Å²) in [6.07, 6.45) is 1.66. The molecule has 0 aromatic heterocycles. The summed E-state index contributed by atoms with van der Waals surface area (Å²) in [4.78, 5) is 23.2. The molecule has 0 saturated carbocycles. The van der Waals surface area contributed by atoms with Gasteiger partial charge >= 0.3 is 11.9 Å². The Morgan fingerprint density at radius 3 is 2.21 bits per heavy atom. The van der Waals surface area contributed by atoms with Crippen molar-refractivity contribution in [1.82, 2.24) is 0 Å². The van der Waals surface area contributed by atoms with Gasteiger partial charge in [0.2, 0.25) is 0 Å². The maximum atomic E-state index is 12.2. The number of carbonyl (C=O) groups is 2. The van der Waals surface area contributed by atoms with Crippen LogP contribution in [-0.2, 0) is 25.7 Å². The molecule has 0 heterocycles. The molecule has 2 rings (SSSR count). The van der Waals surface area contributed by atoms with Crippen LogP contribution in [0, 0.1) is 0 Å². The molecule has 0 N–H and O–H groups in total. The molecule has 0 unspecified atom stereocenters. The van der Waals surface area contributed by atoms with E-state index in [-0.39, 0.29) is 18.8 Å². The quantitative estimate of drug-likeness (QED) is 0.464. The van der Waals surface area contributed by atoms with E-state index in [0.717, 1.165) is 11.1 Å². The summed E-state index contributed by atoms with van der Waals surface area (Å²) in [6.45, 7) is 1.26. The molecule has 0 radical (unpaired) electrons. The van der Waals surface area contributed by atoms with Crippen LogP contribution >= 0.6 is 0 Å². The molecular weight excluding hydrogens is 304 g/mol. The molecule has 0 bridgehead atoms. The minimum atomic E-state index is -0.563. The summed E-state index contributed by atoms with van der Waals surface area (Å²) < 4.78 is 10.2. The number of esters is 2. The first kappa shape index (κ1) is 17.3. The Bertz CT molecular complexity index is 742. The molecule has 2 aromatic rings. The van der Waals surface area contributed by atoms with Crippen LogP contribution in [0.25, 0.3) is 6.08 Å². The highest BCUT2D eigenvalue weighted by atomic mass is 16.5. The predicted molar refractivity (Wildman–Crippen MR) is 90.8 cm³/mol. The first-order valence-corrected chi connectivity index (χ1v) is 7.50. The van der Waals surface area contributed by atoms with Crippen LogP contribution in [0.1, 0.15) is 18.1 Å². The van der Waals surface area contributed by atoms with E-state index >= 15 is 0 Å². The molecule has 0 atom stereocenters. The highest BCUT2D eigenvalue weighted by molar-refractivity contribution is 5.89. The molecule has 0 aliphatic rings. The van der Waals surface area contributed by atoms with Crippen molar-refractivity contribution in [3.05, 3.63) is 83.1 Å². The summed E-state index contributed by atoms with van der Waals surface area (Å²) in [5, 5.41) is 0. The van der Waals surface area contributed by atoms with E-state index in [9.17, 15) is 9.59 Å². The molecule has 0 aliphatic carbocycles. The molecule has 24 heavy (non-hydrogen) atoms. The monoisotopic (exact) mass is 322 g/mol. The zero-order chi connectivity index (χ0) is 17.2. The van der Waals surface area contributed by atoms with Crippen molar-refractivity contribution in [3.63, 3.8) is 0 Å². The maximum absolute atomic E-state index is 12.2. The van der Waals surface area contributed by atoms with Gasteiger partial charge in [-0.3, -0.25) is 4.79 Å². The third kappa shape index (κ3) is 5.95. The normalized spacial score (nSPS) is 9.54. The second-order valence-electron chi connectivity index (χ2n) is 5.02. The van der Waals surface area contributed by atoms with E-state index in [1.54, 1.807) is 6.08 Å². The van der Waals surface area contributed by atoms with Gasteiger partial charge in [-0.1, -0.05) is 60.7 Å². The maximum Gasteiger partial charge on any atom is 0.345 e. The van der Waals surface area contributed by atoms with E-state index in [1.165, 1.54) is 6.92 Å². The lowest BCUT2D eigenvalue weighted by Crippen LogP contribution is -2.13. The Balaban J connectivity index is 2.11. The summed E-state index contributed by atoms with van der Waals surface area (Å²) >= 11 is 0. The van der Waals surface area contributed by atoms with Crippen LogP contribution in [0.4, 0.5) is 0 Å². The first-order valence-electron chi connectivity index (χ1n) is 7.50. The van der Waals surface area contributed by atoms with Crippen molar-refractivity contribution >= 4 is 18.0 Å². The number of hydrogen-bond donors (Lipinski definition) is 0. The largest absolute Gasteiger partial charge is 0.460 e. The van der Waals surface area contributed by atoms with Gasteiger partial charge in [-0.2, -0.15) is 0 Å². The van der Waals surface area contributed by atoms with E-state index in [4.69, 9.17) is 9.47 Å². The average molecular weight is 322 g/mol. The van der Waals surface area contributed by atoms with E-state index in [1.807, 2.05) is 60.7 Å². The molecule has 0 saturated heterocycles. The van der Waals surface area contributed by atoms with Crippen LogP contribution in [0.15, 0.2) is 72.0 Å². The summed E-state index contributed by atoms with van der Waals surface area (Å²) in [6, 6.07) is 18.8. The number of hydrogen-bond acceptors (Lipinski definition) is 4. The predicted octanol–water partition coefficient (Wildman–Crippen LogP) is 3.53. The van der Waals surface area contributed by atoms with Crippen LogP contribution in [0.3, 0.4) is 0 Å². The van der Waals surface area contributed by atoms with Gasteiger partial charge in [0.25, 0.3) is 0 Å². The molecule has 0 amide bonds. The Kier molecular flexibility index (Phi) is 6.57. The Morgan fingerprint density at radius 2 is 1.58 bits per heavy atom. The van der Waals surface area contributed by atoms with Crippen molar-refractivity contribution in [2.24, 2.45) is 0 Å². The fourth-order valence-electron chi connectivity index (χ4n) is 1.86. The summed E-state index contributed by atoms with van der Waals surface area (Å²) in [5.41, 5.74) is 4.79. The average Bonchev–Trinajstić information content (AvgIpc) is 2.61. The van der Waals surface area contributed by atoms with Gasteiger partial charge in [0.05, 0.1) is 0 Å². The molecule has 122 valence electrons. The van der Waals surface area contributed by atoms with Crippen LogP contribution in [-0.4, -0.2) is 18.5 Å². The lowest BCUT2D eigenvalue weighted by Gasteiger charge is -2.07. The molecule has 0 fully saturated rings. The second-order valence-corrected chi connectivity index (χ2v) is 5.02. The van der Waals surface area contributed by atoms with Gasteiger partial charge in [0.1, 0.15) is 18.8 Å². The van der Waals surface area contributed by atoms with Gasteiger partial charge in [-0.05, 0) is 17.2 Å². The van der Waals surface area contributed by atoms with Gasteiger partial charge in [-0.25, -0.2) is 4.79 Å². The minimum absolute atomic E-state index is 0.149. The highest BCUT2D eigenvalue weighted by Crippen LogP contribution is 2.07. The molecular formula is C20H18O4. The van der Waals surface area contributed by atoms with E-state index in [2.05, 4.69) is 5.73 Å². The number of benzene rings is 2. The molecule has 4 heteroatoms. The number of rotatable bonds is 6. The summed E-state index contributed by atoms with van der Waals surface area (Å²) in [7, 11) is 0.